The van der Waals surface area contributed by atoms with Gasteiger partial charge in [0, 0.05) is 4.47 Å². The van der Waals surface area contributed by atoms with E-state index in [9.17, 15) is 0 Å². The van der Waals surface area contributed by atoms with Crippen LogP contribution in [0.15, 0.2) is 45.9 Å². The molecule has 0 saturated carbocycles. The number of halogens is 1. The molecule has 0 radical (unpaired) electrons. The minimum atomic E-state index is 0.392. The number of guanidine groups is 1. The summed E-state index contributed by atoms with van der Waals surface area (Å²) in [6.45, 7) is 0.811. The molecular weight excluding hydrogens is 302 g/mol. The fourth-order valence-corrected chi connectivity index (χ4v) is 3.47. The molecule has 2 N–H and O–H groups in total. The van der Waals surface area contributed by atoms with E-state index in [2.05, 4.69) is 50.1 Å². The first-order valence-corrected chi connectivity index (χ1v) is 7.55. The van der Waals surface area contributed by atoms with Gasteiger partial charge in [0.2, 0.25) is 0 Å². The summed E-state index contributed by atoms with van der Waals surface area (Å²) in [6, 6.07) is 8.62. The highest BCUT2D eigenvalue weighted by Crippen LogP contribution is 2.34. The molecular formula is C15H18BrN3. The molecule has 1 aliphatic heterocycles. The fraction of sp³-hybridized carbons (Fsp3) is 0.400. The van der Waals surface area contributed by atoms with Gasteiger partial charge in [-0.3, -0.25) is 4.99 Å². The van der Waals surface area contributed by atoms with Crippen molar-refractivity contribution in [2.75, 3.05) is 11.4 Å². The Hall–Kier alpha value is -1.29. The average Bonchev–Trinajstić information content (AvgIpc) is 2.82. The van der Waals surface area contributed by atoms with Crippen molar-refractivity contribution in [2.45, 2.75) is 25.3 Å². The molecule has 1 aromatic carbocycles. The van der Waals surface area contributed by atoms with Crippen molar-refractivity contribution >= 4 is 27.6 Å². The van der Waals surface area contributed by atoms with Gasteiger partial charge in [-0.2, -0.15) is 0 Å². The van der Waals surface area contributed by atoms with Gasteiger partial charge in [0.25, 0.3) is 0 Å². The molecule has 19 heavy (non-hydrogen) atoms. The smallest absolute Gasteiger partial charge is 0.196 e. The molecule has 4 heteroatoms. The summed E-state index contributed by atoms with van der Waals surface area (Å²) in [6.07, 6.45) is 8.10. The van der Waals surface area contributed by atoms with Crippen molar-refractivity contribution in [1.82, 2.24) is 0 Å². The highest BCUT2D eigenvalue weighted by Gasteiger charge is 2.34. The predicted octanol–water partition coefficient (Wildman–Crippen LogP) is 3.31. The van der Waals surface area contributed by atoms with Crippen LogP contribution in [0.4, 0.5) is 5.69 Å². The number of allylic oxidation sites excluding steroid dienone is 2. The Morgan fingerprint density at radius 3 is 2.84 bits per heavy atom. The second-order valence-corrected chi connectivity index (χ2v) is 5.99. The van der Waals surface area contributed by atoms with E-state index in [1.54, 1.807) is 0 Å². The summed E-state index contributed by atoms with van der Waals surface area (Å²) >= 11 is 3.62. The third-order valence-electron chi connectivity index (χ3n) is 3.98. The molecule has 0 fully saturated rings. The molecule has 0 bridgehead atoms. The van der Waals surface area contributed by atoms with Crippen molar-refractivity contribution in [3.63, 3.8) is 0 Å². The van der Waals surface area contributed by atoms with E-state index < -0.39 is 0 Å². The third-order valence-corrected chi connectivity index (χ3v) is 4.66. The first kappa shape index (κ1) is 12.7. The highest BCUT2D eigenvalue weighted by atomic mass is 79.9. The van der Waals surface area contributed by atoms with E-state index >= 15 is 0 Å². The lowest BCUT2D eigenvalue weighted by atomic mass is 9.87. The molecule has 3 rings (SSSR count). The van der Waals surface area contributed by atoms with Gasteiger partial charge in [0.15, 0.2) is 5.96 Å². The number of anilines is 1. The van der Waals surface area contributed by atoms with Crippen LogP contribution in [-0.2, 0) is 0 Å². The maximum Gasteiger partial charge on any atom is 0.196 e. The van der Waals surface area contributed by atoms with Crippen LogP contribution in [0.5, 0.6) is 0 Å². The van der Waals surface area contributed by atoms with Gasteiger partial charge in [0.05, 0.1) is 18.3 Å². The monoisotopic (exact) mass is 319 g/mol. The van der Waals surface area contributed by atoms with E-state index in [-0.39, 0.29) is 0 Å². The predicted molar refractivity (Wildman–Crippen MR) is 83.4 cm³/mol. The van der Waals surface area contributed by atoms with Crippen LogP contribution < -0.4 is 10.6 Å². The van der Waals surface area contributed by atoms with Gasteiger partial charge < -0.3 is 10.6 Å². The molecule has 0 saturated heterocycles. The van der Waals surface area contributed by atoms with Crippen LogP contribution in [0.3, 0.4) is 0 Å². The topological polar surface area (TPSA) is 41.6 Å². The summed E-state index contributed by atoms with van der Waals surface area (Å²) in [5, 5.41) is 0. The molecule has 2 atom stereocenters. The molecule has 1 aromatic rings. The van der Waals surface area contributed by atoms with Crippen LogP contribution in [0.1, 0.15) is 19.3 Å². The summed E-state index contributed by atoms with van der Waals surface area (Å²) in [5.74, 6) is 1.29. The Kier molecular flexibility index (Phi) is 3.60. The van der Waals surface area contributed by atoms with E-state index in [4.69, 9.17) is 5.73 Å². The Morgan fingerprint density at radius 2 is 2.11 bits per heavy atom. The summed E-state index contributed by atoms with van der Waals surface area (Å²) in [5.41, 5.74) is 7.24. The van der Waals surface area contributed by atoms with Crippen molar-refractivity contribution < 1.29 is 0 Å². The third kappa shape index (κ3) is 2.41. The molecule has 2 aliphatic rings. The van der Waals surface area contributed by atoms with Gasteiger partial charge in [-0.25, -0.2) is 0 Å². The van der Waals surface area contributed by atoms with Gasteiger partial charge in [-0.15, -0.1) is 0 Å². The molecule has 2 unspecified atom stereocenters. The Balaban J connectivity index is 1.90. The zero-order chi connectivity index (χ0) is 13.2. The quantitative estimate of drug-likeness (QED) is 0.850. The lowest BCUT2D eigenvalue weighted by molar-refractivity contribution is 0.404. The van der Waals surface area contributed by atoms with Crippen LogP contribution in [0.2, 0.25) is 0 Å². The molecule has 3 nitrogen and oxygen atoms in total. The number of benzene rings is 1. The Labute approximate surface area is 122 Å². The zero-order valence-corrected chi connectivity index (χ0v) is 12.4. The molecule has 100 valence electrons. The lowest BCUT2D eigenvalue weighted by Gasteiger charge is -2.33. The van der Waals surface area contributed by atoms with Crippen LogP contribution >= 0.6 is 15.9 Å². The first-order valence-electron chi connectivity index (χ1n) is 6.76. The SMILES string of the molecule is NC1=NCC(C2CC=CCC2)N1c1ccccc1Br. The van der Waals surface area contributed by atoms with Crippen LogP contribution in [-0.4, -0.2) is 18.5 Å². The number of para-hydroxylation sites is 1. The van der Waals surface area contributed by atoms with Crippen molar-refractivity contribution in [3.05, 3.63) is 40.9 Å². The van der Waals surface area contributed by atoms with Crippen LogP contribution in [0.25, 0.3) is 0 Å². The standard InChI is InChI=1S/C15H18BrN3/c16-12-8-4-5-9-13(12)19-14(10-18-15(19)17)11-6-2-1-3-7-11/h1-2,4-5,8-9,11,14H,3,6-7,10H2,(H2,17,18). The number of hydrogen-bond donors (Lipinski definition) is 1. The van der Waals surface area contributed by atoms with Crippen molar-refractivity contribution in [2.24, 2.45) is 16.6 Å². The summed E-state index contributed by atoms with van der Waals surface area (Å²) in [7, 11) is 0. The second kappa shape index (κ2) is 5.37. The Bertz CT molecular complexity index is 524. The Morgan fingerprint density at radius 1 is 1.26 bits per heavy atom. The van der Waals surface area contributed by atoms with E-state index in [1.807, 2.05) is 12.1 Å². The number of nitrogens with zero attached hydrogens (tertiary/aromatic N) is 2. The number of aliphatic imine (C=N–C) groups is 1. The molecule has 1 heterocycles. The molecule has 0 amide bonds. The van der Waals surface area contributed by atoms with Crippen molar-refractivity contribution in [3.8, 4) is 0 Å². The molecule has 0 spiro atoms. The number of hydrogen-bond acceptors (Lipinski definition) is 3. The van der Waals surface area contributed by atoms with Crippen LogP contribution in [0, 0.1) is 5.92 Å². The number of nitrogens with two attached hydrogens (primary N) is 1. The largest absolute Gasteiger partial charge is 0.370 e. The summed E-state index contributed by atoms with van der Waals surface area (Å²) in [4.78, 5) is 6.67. The zero-order valence-electron chi connectivity index (χ0n) is 10.8. The lowest BCUT2D eigenvalue weighted by Crippen LogP contribution is -2.45. The van der Waals surface area contributed by atoms with E-state index in [0.717, 1.165) is 23.1 Å². The van der Waals surface area contributed by atoms with Gasteiger partial charge in [-0.05, 0) is 53.2 Å². The normalized spacial score (nSPS) is 26.6. The minimum absolute atomic E-state index is 0.392. The minimum Gasteiger partial charge on any atom is -0.370 e. The van der Waals surface area contributed by atoms with E-state index in [0.29, 0.717) is 17.9 Å². The maximum atomic E-state index is 6.11. The summed E-state index contributed by atoms with van der Waals surface area (Å²) < 4.78 is 1.08. The van der Waals surface area contributed by atoms with E-state index in [1.165, 1.54) is 12.8 Å². The maximum absolute atomic E-state index is 6.11. The first-order chi connectivity index (χ1) is 9.27. The van der Waals surface area contributed by atoms with Crippen molar-refractivity contribution in [1.29, 1.82) is 0 Å². The van der Waals surface area contributed by atoms with Gasteiger partial charge in [0.1, 0.15) is 0 Å². The van der Waals surface area contributed by atoms with Gasteiger partial charge in [-0.1, -0.05) is 24.3 Å². The number of rotatable bonds is 2. The molecule has 0 aromatic heterocycles. The fourth-order valence-electron chi connectivity index (χ4n) is 2.99. The average molecular weight is 320 g/mol. The highest BCUT2D eigenvalue weighted by molar-refractivity contribution is 9.10. The molecule has 1 aliphatic carbocycles. The second-order valence-electron chi connectivity index (χ2n) is 5.13. The van der Waals surface area contributed by atoms with Gasteiger partial charge >= 0.3 is 0 Å².